The Morgan fingerprint density at radius 1 is 1.42 bits per heavy atom. The summed E-state index contributed by atoms with van der Waals surface area (Å²) in [6, 6.07) is 6.17. The molecular formula is C13H15ClIN3O. The largest absolute Gasteiger partial charge is 0.370 e. The molecule has 1 amide bonds. The molecule has 0 unspecified atom stereocenters. The first-order chi connectivity index (χ1) is 9.11. The van der Waals surface area contributed by atoms with Gasteiger partial charge in [0.2, 0.25) is 5.91 Å². The van der Waals surface area contributed by atoms with Crippen molar-refractivity contribution in [3.8, 4) is 0 Å². The number of carbonyl (C=O) groups is 1. The number of amides is 1. The number of alkyl halides is 1. The minimum absolute atomic E-state index is 0.248. The van der Waals surface area contributed by atoms with Gasteiger partial charge in [0.05, 0.1) is 16.9 Å². The van der Waals surface area contributed by atoms with Crippen molar-refractivity contribution in [2.24, 2.45) is 5.73 Å². The van der Waals surface area contributed by atoms with E-state index in [9.17, 15) is 4.79 Å². The Labute approximate surface area is 130 Å². The Morgan fingerprint density at radius 2 is 2.21 bits per heavy atom. The Balaban J connectivity index is 2.18. The number of imidazole rings is 1. The van der Waals surface area contributed by atoms with Crippen LogP contribution >= 0.6 is 34.2 Å². The molecule has 0 saturated carbocycles. The summed E-state index contributed by atoms with van der Waals surface area (Å²) in [7, 11) is 0. The summed E-state index contributed by atoms with van der Waals surface area (Å²) in [4.78, 5) is 15.3. The predicted molar refractivity (Wildman–Crippen MR) is 85.1 cm³/mol. The van der Waals surface area contributed by atoms with Crippen LogP contribution in [0.3, 0.4) is 0 Å². The van der Waals surface area contributed by atoms with Crippen LogP contribution in [0.4, 0.5) is 0 Å². The van der Waals surface area contributed by atoms with E-state index in [4.69, 9.17) is 17.3 Å². The van der Waals surface area contributed by atoms with Gasteiger partial charge in [0.15, 0.2) is 0 Å². The molecule has 0 saturated heterocycles. The van der Waals surface area contributed by atoms with Crippen LogP contribution in [0.25, 0.3) is 11.0 Å². The fraction of sp³-hybridized carbons (Fsp3) is 0.385. The van der Waals surface area contributed by atoms with Crippen LogP contribution in [0.1, 0.15) is 25.1 Å². The topological polar surface area (TPSA) is 60.9 Å². The van der Waals surface area contributed by atoms with Crippen LogP contribution in [-0.4, -0.2) is 15.5 Å². The van der Waals surface area contributed by atoms with Gasteiger partial charge in [0.1, 0.15) is 5.82 Å². The van der Waals surface area contributed by atoms with Gasteiger partial charge in [0.25, 0.3) is 0 Å². The molecule has 0 aliphatic heterocycles. The highest BCUT2D eigenvalue weighted by Crippen LogP contribution is 2.21. The third-order valence-corrected chi connectivity index (χ3v) is 3.87. The maximum atomic E-state index is 10.7. The first kappa shape index (κ1) is 14.6. The number of unbranched alkanes of at least 4 members (excludes halogenated alkanes) is 1. The van der Waals surface area contributed by atoms with Gasteiger partial charge in [-0.05, 0) is 53.6 Å². The van der Waals surface area contributed by atoms with Gasteiger partial charge in [-0.15, -0.1) is 11.6 Å². The molecular weight excluding hydrogens is 377 g/mol. The number of halogens is 2. The number of nitrogens with two attached hydrogens (primary N) is 1. The number of nitrogens with zero attached hydrogens (tertiary/aromatic N) is 2. The minimum Gasteiger partial charge on any atom is -0.370 e. The zero-order chi connectivity index (χ0) is 13.8. The molecule has 0 aliphatic carbocycles. The Hall–Kier alpha value is -0.820. The van der Waals surface area contributed by atoms with Gasteiger partial charge in [-0.1, -0.05) is 0 Å². The van der Waals surface area contributed by atoms with E-state index in [1.807, 2.05) is 6.07 Å². The van der Waals surface area contributed by atoms with E-state index in [2.05, 4.69) is 44.3 Å². The lowest BCUT2D eigenvalue weighted by molar-refractivity contribution is -0.118. The van der Waals surface area contributed by atoms with Crippen molar-refractivity contribution >= 4 is 51.1 Å². The van der Waals surface area contributed by atoms with E-state index in [1.54, 1.807) is 0 Å². The second-order valence-electron chi connectivity index (χ2n) is 4.37. The molecule has 2 rings (SSSR count). The highest BCUT2D eigenvalue weighted by atomic mass is 127. The van der Waals surface area contributed by atoms with E-state index < -0.39 is 0 Å². The van der Waals surface area contributed by atoms with E-state index in [1.165, 1.54) is 0 Å². The van der Waals surface area contributed by atoms with Crippen LogP contribution in [0.15, 0.2) is 18.2 Å². The van der Waals surface area contributed by atoms with Gasteiger partial charge >= 0.3 is 0 Å². The van der Waals surface area contributed by atoms with Gasteiger partial charge < -0.3 is 10.3 Å². The molecule has 19 heavy (non-hydrogen) atoms. The van der Waals surface area contributed by atoms with Crippen molar-refractivity contribution in [3.63, 3.8) is 0 Å². The first-order valence-electron chi connectivity index (χ1n) is 6.10. The quantitative estimate of drug-likeness (QED) is 0.467. The Morgan fingerprint density at radius 3 is 2.89 bits per heavy atom. The summed E-state index contributed by atoms with van der Waals surface area (Å²) in [5.41, 5.74) is 7.20. The molecule has 0 radical (unpaired) electrons. The van der Waals surface area contributed by atoms with E-state index >= 15 is 0 Å². The number of benzene rings is 1. The molecule has 0 fully saturated rings. The third kappa shape index (κ3) is 3.60. The van der Waals surface area contributed by atoms with Crippen molar-refractivity contribution in [1.82, 2.24) is 9.55 Å². The second kappa shape index (κ2) is 6.56. The average Bonchev–Trinajstić information content (AvgIpc) is 2.71. The first-order valence-corrected chi connectivity index (χ1v) is 7.72. The van der Waals surface area contributed by atoms with Crippen LogP contribution < -0.4 is 5.73 Å². The second-order valence-corrected chi connectivity index (χ2v) is 5.88. The van der Waals surface area contributed by atoms with Crippen molar-refractivity contribution in [2.45, 2.75) is 31.7 Å². The fourth-order valence-corrected chi connectivity index (χ4v) is 2.75. The number of fused-ring (bicyclic) bond motifs is 1. The standard InChI is InChI=1S/C13H15ClIN3O/c14-8-13-17-10-7-9(15)4-5-11(10)18(13)6-2-1-3-12(16)19/h4-5,7H,1-3,6,8H2,(H2,16,19). The van der Waals surface area contributed by atoms with Gasteiger partial charge in [-0.25, -0.2) is 4.98 Å². The zero-order valence-electron chi connectivity index (χ0n) is 10.4. The van der Waals surface area contributed by atoms with Gasteiger partial charge in [-0.3, -0.25) is 4.79 Å². The lowest BCUT2D eigenvalue weighted by Crippen LogP contribution is -2.10. The molecule has 2 aromatic rings. The lowest BCUT2D eigenvalue weighted by Gasteiger charge is -2.07. The predicted octanol–water partition coefficient (Wildman–Crippen LogP) is 3.04. The molecule has 6 heteroatoms. The van der Waals surface area contributed by atoms with Crippen molar-refractivity contribution in [2.75, 3.05) is 0 Å². The minimum atomic E-state index is -0.248. The summed E-state index contributed by atoms with van der Waals surface area (Å²) in [5, 5.41) is 0. The Bertz CT molecular complexity index is 597. The smallest absolute Gasteiger partial charge is 0.217 e. The monoisotopic (exact) mass is 391 g/mol. The number of primary amides is 1. The number of aryl methyl sites for hydroxylation is 1. The molecule has 1 aromatic heterocycles. The normalized spacial score (nSPS) is 11.1. The van der Waals surface area contributed by atoms with Crippen LogP contribution in [-0.2, 0) is 17.2 Å². The molecule has 1 aromatic carbocycles. The molecule has 0 atom stereocenters. The van der Waals surface area contributed by atoms with Crippen molar-refractivity contribution in [1.29, 1.82) is 0 Å². The number of hydrogen-bond donors (Lipinski definition) is 1. The number of rotatable bonds is 6. The maximum Gasteiger partial charge on any atom is 0.217 e. The number of aromatic nitrogens is 2. The summed E-state index contributed by atoms with van der Waals surface area (Å²) < 4.78 is 3.28. The third-order valence-electron chi connectivity index (χ3n) is 2.96. The molecule has 0 aliphatic rings. The van der Waals surface area contributed by atoms with E-state index in [0.717, 1.165) is 39.8 Å². The van der Waals surface area contributed by atoms with Crippen molar-refractivity contribution < 1.29 is 4.79 Å². The molecule has 0 spiro atoms. The molecule has 2 N–H and O–H groups in total. The van der Waals surface area contributed by atoms with E-state index in [0.29, 0.717) is 12.3 Å². The molecule has 0 bridgehead atoms. The zero-order valence-corrected chi connectivity index (χ0v) is 13.3. The van der Waals surface area contributed by atoms with Gasteiger partial charge in [-0.2, -0.15) is 0 Å². The summed E-state index contributed by atoms with van der Waals surface area (Å²) in [6.45, 7) is 0.812. The average molecular weight is 392 g/mol. The summed E-state index contributed by atoms with van der Waals surface area (Å²) in [6.07, 6.45) is 2.12. The molecule has 1 heterocycles. The highest BCUT2D eigenvalue weighted by Gasteiger charge is 2.10. The van der Waals surface area contributed by atoms with E-state index in [-0.39, 0.29) is 5.91 Å². The fourth-order valence-electron chi connectivity index (χ4n) is 2.07. The van der Waals surface area contributed by atoms with Crippen LogP contribution in [0, 0.1) is 3.57 Å². The van der Waals surface area contributed by atoms with Crippen LogP contribution in [0.5, 0.6) is 0 Å². The number of carbonyl (C=O) groups excluding carboxylic acids is 1. The van der Waals surface area contributed by atoms with Crippen LogP contribution in [0.2, 0.25) is 0 Å². The Kier molecular flexibility index (Phi) is 5.04. The SMILES string of the molecule is NC(=O)CCCCn1c(CCl)nc2cc(I)ccc21. The molecule has 4 nitrogen and oxygen atoms in total. The molecule has 102 valence electrons. The summed E-state index contributed by atoms with van der Waals surface area (Å²) in [5.74, 6) is 1.02. The van der Waals surface area contributed by atoms with Crippen molar-refractivity contribution in [3.05, 3.63) is 27.6 Å². The van der Waals surface area contributed by atoms with Gasteiger partial charge in [0, 0.05) is 16.5 Å². The summed E-state index contributed by atoms with van der Waals surface area (Å²) >= 11 is 8.22. The number of hydrogen-bond acceptors (Lipinski definition) is 2. The highest BCUT2D eigenvalue weighted by molar-refractivity contribution is 14.1. The lowest BCUT2D eigenvalue weighted by atomic mass is 10.2. The maximum absolute atomic E-state index is 10.7.